The fourth-order valence-electron chi connectivity index (χ4n) is 4.79. The average molecular weight is 527 g/mol. The number of halogens is 1. The van der Waals surface area contributed by atoms with Crippen molar-refractivity contribution in [2.24, 2.45) is 0 Å². The van der Waals surface area contributed by atoms with Gasteiger partial charge in [0.25, 0.3) is 0 Å². The zero-order valence-corrected chi connectivity index (χ0v) is 21.9. The zero-order chi connectivity index (χ0) is 26.9. The van der Waals surface area contributed by atoms with Crippen LogP contribution in [0.15, 0.2) is 65.6 Å². The van der Waals surface area contributed by atoms with E-state index in [-0.39, 0.29) is 33.3 Å². The number of fused-ring (bicyclic) bond motifs is 1. The Bertz CT molecular complexity index is 1410. The first-order chi connectivity index (χ1) is 17.6. The molecular formula is C28H31FN2O5S. The monoisotopic (exact) mass is 526 g/mol. The third kappa shape index (κ3) is 5.12. The molecule has 0 unspecified atom stereocenters. The third-order valence-corrected chi connectivity index (χ3v) is 8.84. The molecule has 0 saturated carbocycles. The van der Waals surface area contributed by atoms with Gasteiger partial charge in [-0.25, -0.2) is 17.6 Å². The molecule has 0 aromatic heterocycles. The summed E-state index contributed by atoms with van der Waals surface area (Å²) in [5.74, 6) is -1.93. The Morgan fingerprint density at radius 1 is 1.11 bits per heavy atom. The van der Waals surface area contributed by atoms with Crippen molar-refractivity contribution in [3.63, 3.8) is 0 Å². The number of carboxylic acids is 1. The average Bonchev–Trinajstić information content (AvgIpc) is 2.95. The number of hydrogen-bond donors (Lipinski definition) is 2. The Morgan fingerprint density at radius 3 is 2.43 bits per heavy atom. The molecule has 9 heteroatoms. The number of unbranched alkanes of at least 4 members (excludes halogenated alkanes) is 1. The maximum atomic E-state index is 15.8. The van der Waals surface area contributed by atoms with Crippen molar-refractivity contribution in [2.45, 2.75) is 50.2 Å². The number of sulfonamides is 1. The van der Waals surface area contributed by atoms with E-state index >= 15 is 4.39 Å². The summed E-state index contributed by atoms with van der Waals surface area (Å²) in [5, 5.41) is 19.8. The molecule has 3 aromatic carbocycles. The SMILES string of the molecule is CCCC[C@@H]1CN(c2ccccc2)c2cc(F)c(-c3cc(C(=O)O)ccc3[C@H](C)O)cc2S(=O)(=O)N1C. The topological polar surface area (TPSA) is 98.1 Å². The van der Waals surface area contributed by atoms with Crippen molar-refractivity contribution in [2.75, 3.05) is 18.5 Å². The van der Waals surface area contributed by atoms with E-state index in [2.05, 4.69) is 0 Å². The van der Waals surface area contributed by atoms with Crippen LogP contribution in [0.5, 0.6) is 0 Å². The summed E-state index contributed by atoms with van der Waals surface area (Å²) in [6, 6.07) is 15.4. The zero-order valence-electron chi connectivity index (χ0n) is 21.1. The van der Waals surface area contributed by atoms with Crippen LogP contribution in [0.1, 0.15) is 55.1 Å². The number of carbonyl (C=O) groups is 1. The number of nitrogens with zero attached hydrogens (tertiary/aromatic N) is 2. The molecule has 0 aliphatic carbocycles. The number of carboxylic acid groups (broad SMARTS) is 1. The Kier molecular flexibility index (Phi) is 7.68. The molecule has 196 valence electrons. The van der Waals surface area contributed by atoms with Crippen LogP contribution >= 0.6 is 0 Å². The van der Waals surface area contributed by atoms with E-state index in [1.165, 1.54) is 41.6 Å². The minimum Gasteiger partial charge on any atom is -0.478 e. The highest BCUT2D eigenvalue weighted by Gasteiger charge is 2.37. The molecule has 0 amide bonds. The number of hydrogen-bond acceptors (Lipinski definition) is 5. The molecule has 0 fully saturated rings. The smallest absolute Gasteiger partial charge is 0.335 e. The van der Waals surface area contributed by atoms with Crippen molar-refractivity contribution in [1.82, 2.24) is 4.31 Å². The van der Waals surface area contributed by atoms with E-state index in [1.54, 1.807) is 7.05 Å². The van der Waals surface area contributed by atoms with Crippen molar-refractivity contribution >= 4 is 27.4 Å². The lowest BCUT2D eigenvalue weighted by Crippen LogP contribution is -2.40. The van der Waals surface area contributed by atoms with Gasteiger partial charge in [-0.05, 0) is 60.9 Å². The van der Waals surface area contributed by atoms with E-state index in [1.807, 2.05) is 42.2 Å². The lowest BCUT2D eigenvalue weighted by Gasteiger charge is -2.29. The number of benzene rings is 3. The first-order valence-electron chi connectivity index (χ1n) is 12.3. The quantitative estimate of drug-likeness (QED) is 0.417. The summed E-state index contributed by atoms with van der Waals surface area (Å²) in [4.78, 5) is 13.4. The molecule has 1 heterocycles. The summed E-state index contributed by atoms with van der Waals surface area (Å²) < 4.78 is 45.0. The van der Waals surface area contributed by atoms with Gasteiger partial charge in [0.2, 0.25) is 10.0 Å². The maximum absolute atomic E-state index is 15.8. The molecule has 3 aromatic rings. The molecule has 7 nitrogen and oxygen atoms in total. The minimum absolute atomic E-state index is 0.0773. The van der Waals surface area contributed by atoms with Crippen LogP contribution in [0.4, 0.5) is 15.8 Å². The fraction of sp³-hybridized carbons (Fsp3) is 0.321. The van der Waals surface area contributed by atoms with Gasteiger partial charge in [-0.2, -0.15) is 4.31 Å². The number of likely N-dealkylation sites (N-methyl/N-ethyl adjacent to an activating group) is 1. The van der Waals surface area contributed by atoms with E-state index in [0.717, 1.165) is 18.5 Å². The highest BCUT2D eigenvalue weighted by atomic mass is 32.2. The van der Waals surface area contributed by atoms with Gasteiger partial charge in [-0.1, -0.05) is 44.0 Å². The second kappa shape index (κ2) is 10.6. The van der Waals surface area contributed by atoms with E-state index < -0.39 is 27.9 Å². The van der Waals surface area contributed by atoms with E-state index in [4.69, 9.17) is 0 Å². The Labute approximate surface area is 216 Å². The van der Waals surface area contributed by atoms with E-state index in [0.29, 0.717) is 18.5 Å². The molecule has 1 aliphatic heterocycles. The van der Waals surface area contributed by atoms with Crippen molar-refractivity contribution in [3.8, 4) is 11.1 Å². The van der Waals surface area contributed by atoms with Crippen LogP contribution in [-0.4, -0.2) is 48.5 Å². The lowest BCUT2D eigenvalue weighted by atomic mass is 9.94. The first kappa shape index (κ1) is 26.8. The molecule has 2 N–H and O–H groups in total. The second-order valence-corrected chi connectivity index (χ2v) is 11.3. The highest BCUT2D eigenvalue weighted by Crippen LogP contribution is 2.42. The van der Waals surface area contributed by atoms with Crippen LogP contribution in [0.3, 0.4) is 0 Å². The van der Waals surface area contributed by atoms with Gasteiger partial charge in [0.15, 0.2) is 0 Å². The second-order valence-electron chi connectivity index (χ2n) is 9.35. The summed E-state index contributed by atoms with van der Waals surface area (Å²) in [7, 11) is -2.49. The van der Waals surface area contributed by atoms with Crippen LogP contribution in [0.25, 0.3) is 11.1 Å². The van der Waals surface area contributed by atoms with Gasteiger partial charge >= 0.3 is 5.97 Å². The van der Waals surface area contributed by atoms with Gasteiger partial charge in [0.1, 0.15) is 10.7 Å². The van der Waals surface area contributed by atoms with E-state index in [9.17, 15) is 23.4 Å². The minimum atomic E-state index is -4.04. The summed E-state index contributed by atoms with van der Waals surface area (Å²) >= 11 is 0. The Morgan fingerprint density at radius 2 is 1.81 bits per heavy atom. The standard InChI is InChI=1S/C28H31FN2O5S/c1-4-5-9-21-17-31(20-10-7-6-8-11-20)26-16-25(29)24(15-27(26)37(35,36)30(21)3)23-14-19(28(33)34)12-13-22(23)18(2)32/h6-8,10-16,18,21,32H,4-5,9,17H2,1-3H3,(H,33,34)/t18-,21+/m0/s1. The molecule has 0 saturated heterocycles. The predicted octanol–water partition coefficient (Wildman–Crippen LogP) is 5.58. The third-order valence-electron chi connectivity index (χ3n) is 6.90. The van der Waals surface area contributed by atoms with Gasteiger partial charge in [-0.15, -0.1) is 0 Å². The van der Waals surface area contributed by atoms with Crippen LogP contribution < -0.4 is 4.90 Å². The van der Waals surface area contributed by atoms with Crippen molar-refractivity contribution < 1.29 is 27.8 Å². The van der Waals surface area contributed by atoms with Gasteiger partial charge in [0.05, 0.1) is 17.4 Å². The van der Waals surface area contributed by atoms with Gasteiger partial charge < -0.3 is 15.1 Å². The van der Waals surface area contributed by atoms with Crippen molar-refractivity contribution in [3.05, 3.63) is 77.6 Å². The number of aliphatic hydroxyl groups excluding tert-OH is 1. The lowest BCUT2D eigenvalue weighted by molar-refractivity contribution is 0.0696. The maximum Gasteiger partial charge on any atom is 0.335 e. The largest absolute Gasteiger partial charge is 0.478 e. The Hall–Kier alpha value is -3.27. The van der Waals surface area contributed by atoms with Crippen LogP contribution in [0.2, 0.25) is 0 Å². The molecule has 4 rings (SSSR count). The molecule has 0 radical (unpaired) electrons. The number of anilines is 2. The molecule has 0 spiro atoms. The van der Waals surface area contributed by atoms with Gasteiger partial charge in [0, 0.05) is 30.9 Å². The molecule has 2 atom stereocenters. The normalized spacial score (nSPS) is 18.2. The first-order valence-corrected chi connectivity index (χ1v) is 13.7. The van der Waals surface area contributed by atoms with Crippen LogP contribution in [-0.2, 0) is 10.0 Å². The summed E-state index contributed by atoms with van der Waals surface area (Å²) in [6.45, 7) is 3.88. The number of rotatable bonds is 7. The summed E-state index contributed by atoms with van der Waals surface area (Å²) in [6.07, 6.45) is 1.35. The van der Waals surface area contributed by atoms with Crippen LogP contribution in [0, 0.1) is 5.82 Å². The highest BCUT2D eigenvalue weighted by molar-refractivity contribution is 7.89. The fourth-order valence-corrected chi connectivity index (χ4v) is 6.37. The van der Waals surface area contributed by atoms with Gasteiger partial charge in [-0.3, -0.25) is 0 Å². The number of aromatic carboxylic acids is 1. The molecule has 0 bridgehead atoms. The Balaban J connectivity index is 2.00. The predicted molar refractivity (Wildman–Crippen MR) is 141 cm³/mol. The number of aliphatic hydroxyl groups is 1. The molecule has 37 heavy (non-hydrogen) atoms. The van der Waals surface area contributed by atoms with Crippen molar-refractivity contribution in [1.29, 1.82) is 0 Å². The molecular weight excluding hydrogens is 495 g/mol. The number of para-hydroxylation sites is 1. The summed E-state index contributed by atoms with van der Waals surface area (Å²) in [5.41, 5.74) is 1.19. The molecule has 1 aliphatic rings.